The summed E-state index contributed by atoms with van der Waals surface area (Å²) in [4.78, 5) is 20.6. The second kappa shape index (κ2) is 6.09. The van der Waals surface area contributed by atoms with E-state index in [-0.39, 0.29) is 11.2 Å². The topological polar surface area (TPSA) is 66.9 Å². The van der Waals surface area contributed by atoms with E-state index in [1.54, 1.807) is 19.1 Å². The van der Waals surface area contributed by atoms with Gasteiger partial charge in [-0.05, 0) is 45.9 Å². The highest BCUT2D eigenvalue weighted by Crippen LogP contribution is 2.15. The lowest BCUT2D eigenvalue weighted by Crippen LogP contribution is -2.27. The van der Waals surface area contributed by atoms with Gasteiger partial charge in [-0.1, -0.05) is 6.07 Å². The fraction of sp³-hybridized carbons (Fsp3) is 0.312. The molecule has 116 valence electrons. The minimum absolute atomic E-state index is 0.183. The molecule has 1 amide bonds. The van der Waals surface area contributed by atoms with Crippen LogP contribution in [-0.2, 0) is 0 Å². The van der Waals surface area contributed by atoms with Gasteiger partial charge in [0, 0.05) is 17.3 Å². The third-order valence-corrected chi connectivity index (χ3v) is 2.66. The van der Waals surface area contributed by atoms with E-state index in [4.69, 9.17) is 0 Å². The predicted octanol–water partition coefficient (Wildman–Crippen LogP) is 3.39. The van der Waals surface area contributed by atoms with Crippen molar-refractivity contribution in [2.24, 2.45) is 0 Å². The molecular formula is C16H19FN4O. The Morgan fingerprint density at radius 3 is 2.55 bits per heavy atom. The molecule has 0 spiro atoms. The SMILES string of the molecule is Cc1nc(NC(C)(C)C)cc(C(=O)Nc2cccc(F)c2)n1. The number of carbonyl (C=O) groups excluding carboxylic acids is 1. The zero-order valence-electron chi connectivity index (χ0n) is 13.1. The Balaban J connectivity index is 2.22. The molecule has 5 nitrogen and oxygen atoms in total. The summed E-state index contributed by atoms with van der Waals surface area (Å²) in [6, 6.07) is 7.29. The molecule has 0 unspecified atom stereocenters. The Hall–Kier alpha value is -2.50. The summed E-state index contributed by atoms with van der Waals surface area (Å²) in [6.07, 6.45) is 0. The minimum atomic E-state index is -0.410. The molecule has 0 saturated carbocycles. The van der Waals surface area contributed by atoms with Crippen LogP contribution in [0.3, 0.4) is 0 Å². The average Bonchev–Trinajstić information content (AvgIpc) is 2.35. The van der Waals surface area contributed by atoms with E-state index in [9.17, 15) is 9.18 Å². The van der Waals surface area contributed by atoms with Crippen molar-refractivity contribution in [3.05, 3.63) is 47.7 Å². The smallest absolute Gasteiger partial charge is 0.274 e. The number of hydrogen-bond donors (Lipinski definition) is 2. The van der Waals surface area contributed by atoms with Crippen LogP contribution in [0.5, 0.6) is 0 Å². The van der Waals surface area contributed by atoms with Crippen LogP contribution >= 0.6 is 0 Å². The minimum Gasteiger partial charge on any atom is -0.365 e. The van der Waals surface area contributed by atoms with E-state index in [0.717, 1.165) is 0 Å². The molecule has 0 aliphatic rings. The van der Waals surface area contributed by atoms with Crippen molar-refractivity contribution >= 4 is 17.4 Å². The predicted molar refractivity (Wildman–Crippen MR) is 84.5 cm³/mol. The first-order valence-corrected chi connectivity index (χ1v) is 6.94. The number of benzene rings is 1. The number of halogens is 1. The normalized spacial score (nSPS) is 11.1. The largest absolute Gasteiger partial charge is 0.365 e. The van der Waals surface area contributed by atoms with E-state index in [1.165, 1.54) is 18.2 Å². The molecule has 0 aliphatic carbocycles. The van der Waals surface area contributed by atoms with Crippen LogP contribution in [0.4, 0.5) is 15.9 Å². The first-order chi connectivity index (χ1) is 10.2. The third-order valence-electron chi connectivity index (χ3n) is 2.66. The molecule has 0 fully saturated rings. The summed E-state index contributed by atoms with van der Waals surface area (Å²) < 4.78 is 13.1. The van der Waals surface area contributed by atoms with Crippen LogP contribution < -0.4 is 10.6 Å². The number of amides is 1. The van der Waals surface area contributed by atoms with Crippen molar-refractivity contribution in [1.29, 1.82) is 0 Å². The molecule has 2 rings (SSSR count). The molecule has 2 N–H and O–H groups in total. The van der Waals surface area contributed by atoms with Crippen molar-refractivity contribution in [1.82, 2.24) is 9.97 Å². The van der Waals surface area contributed by atoms with Crippen LogP contribution in [0.15, 0.2) is 30.3 Å². The Kier molecular flexibility index (Phi) is 4.40. The lowest BCUT2D eigenvalue weighted by molar-refractivity contribution is 0.102. The highest BCUT2D eigenvalue weighted by Gasteiger charge is 2.15. The number of aromatic nitrogens is 2. The number of carbonyl (C=O) groups is 1. The summed E-state index contributed by atoms with van der Waals surface area (Å²) in [5.41, 5.74) is 0.423. The molecule has 0 bridgehead atoms. The zero-order chi connectivity index (χ0) is 16.3. The van der Waals surface area contributed by atoms with Gasteiger partial charge in [0.2, 0.25) is 0 Å². The second-order valence-electron chi connectivity index (χ2n) is 6.03. The first-order valence-electron chi connectivity index (χ1n) is 6.94. The number of anilines is 2. The Labute approximate surface area is 129 Å². The van der Waals surface area contributed by atoms with Gasteiger partial charge in [-0.2, -0.15) is 0 Å². The van der Waals surface area contributed by atoms with Crippen molar-refractivity contribution < 1.29 is 9.18 Å². The molecule has 0 radical (unpaired) electrons. The molecule has 0 aliphatic heterocycles. The number of rotatable bonds is 3. The Morgan fingerprint density at radius 1 is 1.18 bits per heavy atom. The molecule has 1 aromatic carbocycles. The van der Waals surface area contributed by atoms with Gasteiger partial charge in [0.1, 0.15) is 23.2 Å². The van der Waals surface area contributed by atoms with Gasteiger partial charge in [0.15, 0.2) is 0 Å². The van der Waals surface area contributed by atoms with E-state index in [2.05, 4.69) is 20.6 Å². The molecule has 1 aromatic heterocycles. The van der Waals surface area contributed by atoms with Gasteiger partial charge in [0.05, 0.1) is 0 Å². The molecule has 6 heteroatoms. The quantitative estimate of drug-likeness (QED) is 0.912. The van der Waals surface area contributed by atoms with Gasteiger partial charge in [-0.3, -0.25) is 4.79 Å². The number of hydrogen-bond acceptors (Lipinski definition) is 4. The molecular weight excluding hydrogens is 283 g/mol. The van der Waals surface area contributed by atoms with Crippen LogP contribution in [0.1, 0.15) is 37.1 Å². The van der Waals surface area contributed by atoms with Gasteiger partial charge < -0.3 is 10.6 Å². The highest BCUT2D eigenvalue weighted by atomic mass is 19.1. The summed E-state index contributed by atoms with van der Waals surface area (Å²) in [7, 11) is 0. The third kappa shape index (κ3) is 4.51. The van der Waals surface area contributed by atoms with Gasteiger partial charge in [-0.25, -0.2) is 14.4 Å². The maximum Gasteiger partial charge on any atom is 0.274 e. The van der Waals surface area contributed by atoms with E-state index >= 15 is 0 Å². The fourth-order valence-corrected chi connectivity index (χ4v) is 1.89. The Bertz CT molecular complexity index is 695. The van der Waals surface area contributed by atoms with Crippen molar-refractivity contribution in [2.45, 2.75) is 33.2 Å². The number of aryl methyl sites for hydroxylation is 1. The van der Waals surface area contributed by atoms with Crippen molar-refractivity contribution in [2.75, 3.05) is 10.6 Å². The van der Waals surface area contributed by atoms with Crippen LogP contribution in [0, 0.1) is 12.7 Å². The van der Waals surface area contributed by atoms with Crippen molar-refractivity contribution in [3.63, 3.8) is 0 Å². The van der Waals surface area contributed by atoms with Gasteiger partial charge in [-0.15, -0.1) is 0 Å². The Morgan fingerprint density at radius 2 is 1.91 bits per heavy atom. The van der Waals surface area contributed by atoms with Crippen LogP contribution in [0.25, 0.3) is 0 Å². The second-order valence-corrected chi connectivity index (χ2v) is 6.03. The summed E-state index contributed by atoms with van der Waals surface area (Å²) >= 11 is 0. The van der Waals surface area contributed by atoms with Gasteiger partial charge >= 0.3 is 0 Å². The monoisotopic (exact) mass is 302 g/mol. The molecule has 1 heterocycles. The van der Waals surface area contributed by atoms with Crippen LogP contribution in [-0.4, -0.2) is 21.4 Å². The number of nitrogens with one attached hydrogen (secondary N) is 2. The highest BCUT2D eigenvalue weighted by molar-refractivity contribution is 6.03. The number of nitrogens with zero attached hydrogens (tertiary/aromatic N) is 2. The van der Waals surface area contributed by atoms with E-state index in [1.807, 2.05) is 20.8 Å². The van der Waals surface area contributed by atoms with Gasteiger partial charge in [0.25, 0.3) is 5.91 Å². The molecule has 0 saturated heterocycles. The van der Waals surface area contributed by atoms with E-state index < -0.39 is 11.7 Å². The molecule has 0 atom stereocenters. The summed E-state index contributed by atoms with van der Waals surface area (Å²) in [6.45, 7) is 7.71. The lowest BCUT2D eigenvalue weighted by Gasteiger charge is -2.21. The maximum absolute atomic E-state index is 13.1. The fourth-order valence-electron chi connectivity index (χ4n) is 1.89. The first kappa shape index (κ1) is 15.9. The molecule has 2 aromatic rings. The lowest BCUT2D eigenvalue weighted by atomic mass is 10.1. The summed E-state index contributed by atoms with van der Waals surface area (Å²) in [5.74, 6) is 0.239. The zero-order valence-corrected chi connectivity index (χ0v) is 13.1. The molecule has 22 heavy (non-hydrogen) atoms. The summed E-state index contributed by atoms with van der Waals surface area (Å²) in [5, 5.41) is 5.82. The standard InChI is InChI=1S/C16H19FN4O/c1-10-18-13(9-14(19-10)21-16(2,3)4)15(22)20-12-7-5-6-11(17)8-12/h5-9H,1-4H3,(H,20,22)(H,18,19,21). The average molecular weight is 302 g/mol. The van der Waals surface area contributed by atoms with E-state index in [0.29, 0.717) is 17.3 Å². The van der Waals surface area contributed by atoms with Crippen molar-refractivity contribution in [3.8, 4) is 0 Å². The van der Waals surface area contributed by atoms with Crippen LogP contribution in [0.2, 0.25) is 0 Å². The maximum atomic E-state index is 13.1.